The van der Waals surface area contributed by atoms with Gasteiger partial charge in [-0.1, -0.05) is 25.0 Å². The van der Waals surface area contributed by atoms with E-state index in [2.05, 4.69) is 4.99 Å². The highest BCUT2D eigenvalue weighted by Gasteiger charge is 2.37. The quantitative estimate of drug-likeness (QED) is 0.825. The van der Waals surface area contributed by atoms with Crippen molar-refractivity contribution in [2.75, 3.05) is 25.5 Å². The second kappa shape index (κ2) is 6.37. The molecule has 0 radical (unpaired) electrons. The Balaban J connectivity index is 1.95. The van der Waals surface area contributed by atoms with Crippen LogP contribution in [0.25, 0.3) is 0 Å². The van der Waals surface area contributed by atoms with Gasteiger partial charge in [0.25, 0.3) is 0 Å². The molecule has 0 amide bonds. The van der Waals surface area contributed by atoms with E-state index in [9.17, 15) is 10.2 Å². The van der Waals surface area contributed by atoms with Crippen LogP contribution >= 0.6 is 0 Å². The van der Waals surface area contributed by atoms with Crippen molar-refractivity contribution in [2.45, 2.75) is 37.4 Å². The van der Waals surface area contributed by atoms with Gasteiger partial charge in [-0.2, -0.15) is 0 Å². The summed E-state index contributed by atoms with van der Waals surface area (Å²) in [5.74, 6) is 0. The van der Waals surface area contributed by atoms with Crippen molar-refractivity contribution in [3.8, 4) is 0 Å². The summed E-state index contributed by atoms with van der Waals surface area (Å²) in [4.78, 5) is 6.36. The third-order valence-electron chi connectivity index (χ3n) is 3.97. The monoisotopic (exact) mass is 276 g/mol. The Morgan fingerprint density at radius 1 is 1.30 bits per heavy atom. The Hall–Kier alpha value is -1.39. The predicted octanol–water partition coefficient (Wildman–Crippen LogP) is 1.84. The number of aliphatic hydroxyl groups excluding tert-OH is 1. The van der Waals surface area contributed by atoms with Crippen molar-refractivity contribution in [3.05, 3.63) is 29.8 Å². The lowest BCUT2D eigenvalue weighted by atomic mass is 9.82. The Kier molecular flexibility index (Phi) is 4.78. The molecule has 110 valence electrons. The van der Waals surface area contributed by atoms with Gasteiger partial charge in [0.1, 0.15) is 5.60 Å². The van der Waals surface area contributed by atoms with E-state index < -0.39 is 11.7 Å². The first kappa shape index (κ1) is 15.0. The maximum Gasteiger partial charge on any atom is 0.110 e. The first-order chi connectivity index (χ1) is 9.51. The molecule has 1 saturated carbocycles. The van der Waals surface area contributed by atoms with Crippen LogP contribution in [0.1, 0.15) is 31.2 Å². The first-order valence-corrected chi connectivity index (χ1v) is 7.19. The Morgan fingerprint density at radius 3 is 2.60 bits per heavy atom. The molecule has 4 heteroatoms. The molecule has 1 aliphatic rings. The van der Waals surface area contributed by atoms with E-state index in [0.29, 0.717) is 12.8 Å². The van der Waals surface area contributed by atoms with E-state index in [0.717, 1.165) is 24.1 Å². The van der Waals surface area contributed by atoms with Crippen LogP contribution in [0.5, 0.6) is 0 Å². The smallest absolute Gasteiger partial charge is 0.110 e. The number of hydrogen-bond acceptors (Lipinski definition) is 4. The molecule has 1 aromatic rings. The van der Waals surface area contributed by atoms with Crippen molar-refractivity contribution in [2.24, 2.45) is 4.99 Å². The number of aliphatic imine (C=N–C) groups is 1. The van der Waals surface area contributed by atoms with Crippen molar-refractivity contribution in [3.63, 3.8) is 0 Å². The number of anilines is 1. The van der Waals surface area contributed by atoms with Crippen molar-refractivity contribution in [1.82, 2.24) is 0 Å². The molecule has 0 aliphatic heterocycles. The fourth-order valence-electron chi connectivity index (χ4n) is 2.56. The number of hydrogen-bond donors (Lipinski definition) is 2. The molecule has 2 atom stereocenters. The molecule has 1 fully saturated rings. The molecule has 20 heavy (non-hydrogen) atoms. The van der Waals surface area contributed by atoms with Gasteiger partial charge in [0.15, 0.2) is 0 Å². The van der Waals surface area contributed by atoms with Gasteiger partial charge in [0, 0.05) is 26.0 Å². The minimum atomic E-state index is -1.04. The zero-order valence-electron chi connectivity index (χ0n) is 12.3. The predicted molar refractivity (Wildman–Crippen MR) is 82.7 cm³/mol. The number of rotatable bonds is 4. The Bertz CT molecular complexity index is 456. The largest absolute Gasteiger partial charge is 0.390 e. The molecule has 0 unspecified atom stereocenters. The topological polar surface area (TPSA) is 56.1 Å². The van der Waals surface area contributed by atoms with E-state index in [1.165, 1.54) is 0 Å². The summed E-state index contributed by atoms with van der Waals surface area (Å²) in [5.41, 5.74) is 1.10. The van der Waals surface area contributed by atoms with Gasteiger partial charge in [-0.15, -0.1) is 0 Å². The number of benzene rings is 1. The molecular weight excluding hydrogens is 252 g/mol. The summed E-state index contributed by atoms with van der Waals surface area (Å²) in [7, 11) is 4.01. The summed E-state index contributed by atoms with van der Waals surface area (Å²) in [6, 6.07) is 8.07. The molecule has 0 heterocycles. The van der Waals surface area contributed by atoms with Gasteiger partial charge < -0.3 is 15.1 Å². The number of aliphatic hydroxyl groups is 2. The lowest BCUT2D eigenvalue weighted by molar-refractivity contribution is -0.0921. The van der Waals surface area contributed by atoms with Crippen LogP contribution in [0.3, 0.4) is 0 Å². The average Bonchev–Trinajstić information content (AvgIpc) is 2.43. The molecule has 1 aromatic carbocycles. The highest BCUT2D eigenvalue weighted by molar-refractivity contribution is 5.80. The molecule has 2 rings (SSSR count). The lowest BCUT2D eigenvalue weighted by Gasteiger charge is -2.35. The lowest BCUT2D eigenvalue weighted by Crippen LogP contribution is -2.47. The van der Waals surface area contributed by atoms with E-state index in [-0.39, 0.29) is 6.54 Å². The first-order valence-electron chi connectivity index (χ1n) is 7.19. The SMILES string of the molecule is CN(C)c1ccc(C=NC[C@@]2(O)CCCC[C@@H]2O)cc1. The van der Waals surface area contributed by atoms with Crippen molar-refractivity contribution < 1.29 is 10.2 Å². The third kappa shape index (κ3) is 3.58. The summed E-state index contributed by atoms with van der Waals surface area (Å²) in [6.07, 6.45) is 4.36. The van der Waals surface area contributed by atoms with Crippen LogP contribution in [-0.4, -0.2) is 48.8 Å². The van der Waals surface area contributed by atoms with Crippen LogP contribution < -0.4 is 4.90 Å². The zero-order valence-corrected chi connectivity index (χ0v) is 12.3. The Labute approximate surface area is 120 Å². The number of nitrogens with zero attached hydrogens (tertiary/aromatic N) is 2. The highest BCUT2D eigenvalue weighted by Crippen LogP contribution is 2.28. The fourth-order valence-corrected chi connectivity index (χ4v) is 2.56. The summed E-state index contributed by atoms with van der Waals surface area (Å²) < 4.78 is 0. The normalized spacial score (nSPS) is 26.9. The summed E-state index contributed by atoms with van der Waals surface area (Å²) >= 11 is 0. The van der Waals surface area contributed by atoms with Crippen LogP contribution in [0, 0.1) is 0 Å². The van der Waals surface area contributed by atoms with Gasteiger partial charge in [-0.3, -0.25) is 4.99 Å². The summed E-state index contributed by atoms with van der Waals surface area (Å²) in [6.45, 7) is 0.267. The second-order valence-corrected chi connectivity index (χ2v) is 5.82. The zero-order chi connectivity index (χ0) is 14.6. The molecule has 0 aromatic heterocycles. The van der Waals surface area contributed by atoms with E-state index in [1.807, 2.05) is 43.3 Å². The van der Waals surface area contributed by atoms with Gasteiger partial charge in [0.05, 0.1) is 12.6 Å². The average molecular weight is 276 g/mol. The van der Waals surface area contributed by atoms with Gasteiger partial charge in [-0.25, -0.2) is 0 Å². The highest BCUT2D eigenvalue weighted by atomic mass is 16.3. The Morgan fingerprint density at radius 2 is 2.00 bits per heavy atom. The molecule has 0 bridgehead atoms. The molecule has 0 saturated heterocycles. The molecule has 2 N–H and O–H groups in total. The minimum absolute atomic E-state index is 0.267. The van der Waals surface area contributed by atoms with Crippen molar-refractivity contribution in [1.29, 1.82) is 0 Å². The van der Waals surface area contributed by atoms with E-state index >= 15 is 0 Å². The standard InChI is InChI=1S/C16H24N2O2/c1-18(2)14-8-6-13(7-9-14)11-17-12-16(20)10-4-3-5-15(16)19/h6-9,11,15,19-20H,3-5,10,12H2,1-2H3/t15-,16-/m0/s1. The summed E-state index contributed by atoms with van der Waals surface area (Å²) in [5, 5.41) is 20.3. The van der Waals surface area contributed by atoms with Crippen molar-refractivity contribution >= 4 is 11.9 Å². The van der Waals surface area contributed by atoms with Gasteiger partial charge in [0.2, 0.25) is 0 Å². The molecule has 1 aliphatic carbocycles. The van der Waals surface area contributed by atoms with Gasteiger partial charge >= 0.3 is 0 Å². The van der Waals surface area contributed by atoms with E-state index in [4.69, 9.17) is 0 Å². The molecular formula is C16H24N2O2. The maximum absolute atomic E-state index is 10.4. The van der Waals surface area contributed by atoms with Gasteiger partial charge in [-0.05, 0) is 30.5 Å². The second-order valence-electron chi connectivity index (χ2n) is 5.82. The molecule has 0 spiro atoms. The fraction of sp³-hybridized carbons (Fsp3) is 0.562. The van der Waals surface area contributed by atoms with Crippen LogP contribution in [0.2, 0.25) is 0 Å². The van der Waals surface area contributed by atoms with Crippen LogP contribution in [0.4, 0.5) is 5.69 Å². The minimum Gasteiger partial charge on any atom is -0.390 e. The van der Waals surface area contributed by atoms with E-state index in [1.54, 1.807) is 6.21 Å². The van der Waals surface area contributed by atoms with Crippen LogP contribution in [0.15, 0.2) is 29.3 Å². The third-order valence-corrected chi connectivity index (χ3v) is 3.97. The molecule has 4 nitrogen and oxygen atoms in total. The van der Waals surface area contributed by atoms with Crippen LogP contribution in [-0.2, 0) is 0 Å². The maximum atomic E-state index is 10.4.